The molecule has 1 aromatic rings. The molecule has 0 saturated heterocycles. The summed E-state index contributed by atoms with van der Waals surface area (Å²) in [4.78, 5) is 12.4. The highest BCUT2D eigenvalue weighted by molar-refractivity contribution is 7.80. The first-order chi connectivity index (χ1) is 6.59. The number of thiol groups is 1. The van der Waals surface area contributed by atoms with E-state index in [1.54, 1.807) is 12.1 Å². The summed E-state index contributed by atoms with van der Waals surface area (Å²) in [6, 6.07) is 7.18. The molecule has 0 atom stereocenters. The number of rotatable bonds is 3. The van der Waals surface area contributed by atoms with Gasteiger partial charge in [-0.25, -0.2) is 0 Å². The van der Waals surface area contributed by atoms with E-state index in [0.717, 1.165) is 4.90 Å². The second-order valence-corrected chi connectivity index (χ2v) is 4.17. The van der Waals surface area contributed by atoms with E-state index in [1.807, 2.05) is 12.1 Å². The van der Waals surface area contributed by atoms with Gasteiger partial charge in [-0.2, -0.15) is 0 Å². The normalized spacial score (nSPS) is 10.3. The lowest BCUT2D eigenvalue weighted by atomic mass is 10.2. The SMILES string of the molecule is CC(C)CNC(=O)c1ccc(S)cc1. The second-order valence-electron chi connectivity index (χ2n) is 3.65. The van der Waals surface area contributed by atoms with Crippen LogP contribution in [0.25, 0.3) is 0 Å². The van der Waals surface area contributed by atoms with Crippen LogP contribution in [0, 0.1) is 5.92 Å². The Balaban J connectivity index is 2.57. The van der Waals surface area contributed by atoms with Crippen LogP contribution in [0.1, 0.15) is 24.2 Å². The molecule has 1 rings (SSSR count). The van der Waals surface area contributed by atoms with Crippen molar-refractivity contribution in [2.75, 3.05) is 6.54 Å². The lowest BCUT2D eigenvalue weighted by Crippen LogP contribution is -2.27. The van der Waals surface area contributed by atoms with Crippen LogP contribution in [0.15, 0.2) is 29.2 Å². The van der Waals surface area contributed by atoms with Crippen LogP contribution in [-0.4, -0.2) is 12.5 Å². The minimum Gasteiger partial charge on any atom is -0.352 e. The Morgan fingerprint density at radius 1 is 1.36 bits per heavy atom. The number of carbonyl (C=O) groups excluding carboxylic acids is 1. The average molecular weight is 209 g/mol. The lowest BCUT2D eigenvalue weighted by Gasteiger charge is -2.07. The molecule has 0 aliphatic rings. The maximum Gasteiger partial charge on any atom is 0.251 e. The summed E-state index contributed by atoms with van der Waals surface area (Å²) in [7, 11) is 0. The fourth-order valence-electron chi connectivity index (χ4n) is 1.01. The Hall–Kier alpha value is -0.960. The van der Waals surface area contributed by atoms with E-state index in [0.29, 0.717) is 18.0 Å². The molecule has 0 aliphatic heterocycles. The zero-order chi connectivity index (χ0) is 10.6. The number of benzene rings is 1. The number of amides is 1. The van der Waals surface area contributed by atoms with E-state index in [1.165, 1.54) is 0 Å². The largest absolute Gasteiger partial charge is 0.352 e. The van der Waals surface area contributed by atoms with Crippen LogP contribution in [0.4, 0.5) is 0 Å². The van der Waals surface area contributed by atoms with Gasteiger partial charge in [0, 0.05) is 17.0 Å². The van der Waals surface area contributed by atoms with E-state index in [9.17, 15) is 4.79 Å². The summed E-state index contributed by atoms with van der Waals surface area (Å²) in [5.74, 6) is 0.454. The van der Waals surface area contributed by atoms with Gasteiger partial charge in [-0.1, -0.05) is 13.8 Å². The van der Waals surface area contributed by atoms with Crippen LogP contribution in [0.3, 0.4) is 0 Å². The number of nitrogens with one attached hydrogen (secondary N) is 1. The van der Waals surface area contributed by atoms with E-state index >= 15 is 0 Å². The maximum atomic E-state index is 11.5. The van der Waals surface area contributed by atoms with Crippen molar-refractivity contribution in [1.82, 2.24) is 5.32 Å². The zero-order valence-electron chi connectivity index (χ0n) is 8.45. The quantitative estimate of drug-likeness (QED) is 0.735. The molecule has 0 spiro atoms. The van der Waals surface area contributed by atoms with Crippen molar-refractivity contribution < 1.29 is 4.79 Å². The van der Waals surface area contributed by atoms with Gasteiger partial charge in [0.25, 0.3) is 5.91 Å². The third-order valence-electron chi connectivity index (χ3n) is 1.80. The van der Waals surface area contributed by atoms with Crippen molar-refractivity contribution in [3.05, 3.63) is 29.8 Å². The number of hydrogen-bond acceptors (Lipinski definition) is 2. The van der Waals surface area contributed by atoms with E-state index < -0.39 is 0 Å². The third-order valence-corrected chi connectivity index (χ3v) is 2.10. The Labute approximate surface area is 90.1 Å². The molecule has 0 bridgehead atoms. The molecule has 0 saturated carbocycles. The van der Waals surface area contributed by atoms with Crippen LogP contribution in [-0.2, 0) is 0 Å². The first-order valence-electron chi connectivity index (χ1n) is 4.67. The van der Waals surface area contributed by atoms with Crippen molar-refractivity contribution in [3.8, 4) is 0 Å². The van der Waals surface area contributed by atoms with Crippen LogP contribution in [0.2, 0.25) is 0 Å². The van der Waals surface area contributed by atoms with Crippen molar-refractivity contribution >= 4 is 18.5 Å². The van der Waals surface area contributed by atoms with Gasteiger partial charge in [0.15, 0.2) is 0 Å². The monoisotopic (exact) mass is 209 g/mol. The Kier molecular flexibility index (Phi) is 4.01. The Bertz CT molecular complexity index is 306. The molecular weight excluding hydrogens is 194 g/mol. The molecule has 1 N–H and O–H groups in total. The van der Waals surface area contributed by atoms with Crippen molar-refractivity contribution in [1.29, 1.82) is 0 Å². The van der Waals surface area contributed by atoms with Crippen molar-refractivity contribution in [2.24, 2.45) is 5.92 Å². The lowest BCUT2D eigenvalue weighted by molar-refractivity contribution is 0.0949. The van der Waals surface area contributed by atoms with Gasteiger partial charge >= 0.3 is 0 Å². The molecule has 1 amide bonds. The van der Waals surface area contributed by atoms with Gasteiger partial charge in [0.2, 0.25) is 0 Å². The summed E-state index contributed by atoms with van der Waals surface area (Å²) < 4.78 is 0. The summed E-state index contributed by atoms with van der Waals surface area (Å²) in [5.41, 5.74) is 0.684. The van der Waals surface area contributed by atoms with E-state index in [4.69, 9.17) is 0 Å². The van der Waals surface area contributed by atoms with Gasteiger partial charge in [0.1, 0.15) is 0 Å². The summed E-state index contributed by atoms with van der Waals surface area (Å²) in [5, 5.41) is 2.85. The third kappa shape index (κ3) is 3.42. The van der Waals surface area contributed by atoms with Crippen molar-refractivity contribution in [3.63, 3.8) is 0 Å². The minimum atomic E-state index is -0.0213. The molecule has 1 aromatic carbocycles. The summed E-state index contributed by atoms with van der Waals surface area (Å²) in [6.45, 7) is 4.84. The predicted molar refractivity (Wildman–Crippen MR) is 60.9 cm³/mol. The van der Waals surface area contributed by atoms with Gasteiger partial charge < -0.3 is 5.32 Å². The van der Waals surface area contributed by atoms with Gasteiger partial charge in [0.05, 0.1) is 0 Å². The van der Waals surface area contributed by atoms with Gasteiger partial charge in [-0.15, -0.1) is 12.6 Å². The van der Waals surface area contributed by atoms with E-state index in [2.05, 4.69) is 31.8 Å². The fraction of sp³-hybridized carbons (Fsp3) is 0.364. The van der Waals surface area contributed by atoms with Crippen LogP contribution < -0.4 is 5.32 Å². The molecule has 0 heterocycles. The Morgan fingerprint density at radius 2 is 1.93 bits per heavy atom. The van der Waals surface area contributed by atoms with Crippen LogP contribution >= 0.6 is 12.6 Å². The number of hydrogen-bond donors (Lipinski definition) is 2. The zero-order valence-corrected chi connectivity index (χ0v) is 9.34. The van der Waals surface area contributed by atoms with Crippen molar-refractivity contribution in [2.45, 2.75) is 18.7 Å². The number of carbonyl (C=O) groups is 1. The second kappa shape index (κ2) is 5.05. The molecule has 0 aliphatic carbocycles. The highest BCUT2D eigenvalue weighted by Crippen LogP contribution is 2.07. The molecule has 0 radical (unpaired) electrons. The average Bonchev–Trinajstić information content (AvgIpc) is 2.15. The van der Waals surface area contributed by atoms with Crippen LogP contribution in [0.5, 0.6) is 0 Å². The molecular formula is C11H15NOS. The first kappa shape index (κ1) is 11.1. The predicted octanol–water partition coefficient (Wildman–Crippen LogP) is 2.36. The standard InChI is InChI=1S/C11H15NOS/c1-8(2)7-12-11(13)9-3-5-10(14)6-4-9/h3-6,8,14H,7H2,1-2H3,(H,12,13). The summed E-state index contributed by atoms with van der Waals surface area (Å²) >= 11 is 4.15. The first-order valence-corrected chi connectivity index (χ1v) is 5.11. The molecule has 3 heteroatoms. The Morgan fingerprint density at radius 3 is 2.43 bits per heavy atom. The molecule has 76 valence electrons. The minimum absolute atomic E-state index is 0.0213. The maximum absolute atomic E-state index is 11.5. The summed E-state index contributed by atoms with van der Waals surface area (Å²) in [6.07, 6.45) is 0. The van der Waals surface area contributed by atoms with Gasteiger partial charge in [-0.05, 0) is 30.2 Å². The molecule has 0 fully saturated rings. The molecule has 2 nitrogen and oxygen atoms in total. The van der Waals surface area contributed by atoms with Gasteiger partial charge in [-0.3, -0.25) is 4.79 Å². The fourth-order valence-corrected chi connectivity index (χ4v) is 1.16. The topological polar surface area (TPSA) is 29.1 Å². The highest BCUT2D eigenvalue weighted by Gasteiger charge is 2.04. The highest BCUT2D eigenvalue weighted by atomic mass is 32.1. The molecule has 14 heavy (non-hydrogen) atoms. The smallest absolute Gasteiger partial charge is 0.251 e. The van der Waals surface area contributed by atoms with E-state index in [-0.39, 0.29) is 5.91 Å². The molecule has 0 unspecified atom stereocenters. The molecule has 0 aromatic heterocycles.